The van der Waals surface area contributed by atoms with Crippen LogP contribution in [0.25, 0.3) is 10.2 Å². The van der Waals surface area contributed by atoms with Crippen LogP contribution in [0.3, 0.4) is 0 Å². The molecule has 11 nitrogen and oxygen atoms in total. The first-order valence-corrected chi connectivity index (χ1v) is 15.5. The topological polar surface area (TPSA) is 118 Å². The minimum Gasteiger partial charge on any atom is -0.417 e. The Morgan fingerprint density at radius 1 is 1.00 bits per heavy atom. The molecule has 4 aromatic rings. The third-order valence-electron chi connectivity index (χ3n) is 7.82. The number of benzene rings is 2. The highest BCUT2D eigenvalue weighted by Gasteiger charge is 2.26. The molecule has 0 saturated carbocycles. The average molecular weight is 615 g/mol. The number of nitrogens with zero attached hydrogens (tertiary/aromatic N) is 4. The molecule has 2 fully saturated rings. The minimum atomic E-state index is -0.804. The zero-order valence-corrected chi connectivity index (χ0v) is 25.1. The number of aromatic nitrogens is 2. The Morgan fingerprint density at radius 3 is 2.43 bits per heavy atom. The molecule has 2 aromatic heterocycles. The number of fused-ring (bicyclic) bond motifs is 1. The number of anilines is 2. The zero-order valence-electron chi connectivity index (χ0n) is 24.2. The van der Waals surface area contributed by atoms with Crippen LogP contribution in [0.15, 0.2) is 73.5 Å². The van der Waals surface area contributed by atoms with Gasteiger partial charge in [0.2, 0.25) is 0 Å². The molecule has 0 spiro atoms. The molecule has 2 aromatic carbocycles. The van der Waals surface area contributed by atoms with E-state index >= 15 is 0 Å². The molecule has 0 bridgehead atoms. The van der Waals surface area contributed by atoms with Crippen molar-refractivity contribution in [1.29, 1.82) is 0 Å². The van der Waals surface area contributed by atoms with Gasteiger partial charge < -0.3 is 29.9 Å². The smallest absolute Gasteiger partial charge is 0.417 e. The van der Waals surface area contributed by atoms with Crippen LogP contribution >= 0.6 is 11.3 Å². The molecule has 44 heavy (non-hydrogen) atoms. The molecule has 2 saturated heterocycles. The molecule has 1 atom stereocenters. The van der Waals surface area contributed by atoms with Gasteiger partial charge in [0.15, 0.2) is 5.82 Å². The number of rotatable bonds is 9. The number of carbonyl (C=O) groups is 3. The second-order valence-electron chi connectivity index (χ2n) is 10.7. The summed E-state index contributed by atoms with van der Waals surface area (Å²) in [6.45, 7) is 9.07. The van der Waals surface area contributed by atoms with Crippen LogP contribution in [0, 0.1) is 0 Å². The van der Waals surface area contributed by atoms with Crippen LogP contribution in [-0.2, 0) is 9.47 Å². The normalized spacial score (nSPS) is 16.0. The number of morpholine rings is 1. The largest absolute Gasteiger partial charge is 0.440 e. The average Bonchev–Trinajstić information content (AvgIpc) is 3.80. The summed E-state index contributed by atoms with van der Waals surface area (Å²) >= 11 is 1.15. The molecule has 12 heteroatoms. The van der Waals surface area contributed by atoms with E-state index in [1.54, 1.807) is 18.2 Å². The van der Waals surface area contributed by atoms with Crippen molar-refractivity contribution >= 4 is 51.0 Å². The summed E-state index contributed by atoms with van der Waals surface area (Å²) in [5, 5.41) is 10.3. The predicted octanol–water partition coefficient (Wildman–Crippen LogP) is 4.88. The van der Waals surface area contributed by atoms with Gasteiger partial charge in [-0.1, -0.05) is 36.9 Å². The zero-order chi connectivity index (χ0) is 30.5. The third-order valence-corrected chi connectivity index (χ3v) is 8.95. The lowest BCUT2D eigenvalue weighted by atomic mass is 10.1. The van der Waals surface area contributed by atoms with Crippen molar-refractivity contribution in [2.24, 2.45) is 0 Å². The van der Waals surface area contributed by atoms with Crippen molar-refractivity contribution in [2.45, 2.75) is 18.9 Å². The summed E-state index contributed by atoms with van der Waals surface area (Å²) in [6.07, 6.45) is 2.50. The number of likely N-dealkylation sites (tertiary alicyclic amines) is 1. The molecule has 0 unspecified atom stereocenters. The highest BCUT2D eigenvalue weighted by molar-refractivity contribution is 7.21. The Kier molecular flexibility index (Phi) is 9.01. The quantitative estimate of drug-likeness (QED) is 0.256. The van der Waals surface area contributed by atoms with Crippen LogP contribution in [0.4, 0.5) is 16.3 Å². The molecule has 2 N–H and O–H groups in total. The maximum absolute atomic E-state index is 13.6. The molecule has 228 valence electrons. The maximum atomic E-state index is 13.6. The fourth-order valence-electron chi connectivity index (χ4n) is 5.56. The monoisotopic (exact) mass is 614 g/mol. The molecule has 6 rings (SSSR count). The van der Waals surface area contributed by atoms with Crippen molar-refractivity contribution < 1.29 is 23.9 Å². The van der Waals surface area contributed by atoms with E-state index < -0.39 is 12.0 Å². The van der Waals surface area contributed by atoms with Gasteiger partial charge in [-0.05, 0) is 61.8 Å². The van der Waals surface area contributed by atoms with Crippen LogP contribution < -0.4 is 15.5 Å². The Morgan fingerprint density at radius 2 is 1.73 bits per heavy atom. The second kappa shape index (κ2) is 13.4. The van der Waals surface area contributed by atoms with Gasteiger partial charge >= 0.3 is 6.09 Å². The van der Waals surface area contributed by atoms with Crippen LogP contribution in [0.5, 0.6) is 0 Å². The first-order chi connectivity index (χ1) is 21.5. The lowest BCUT2D eigenvalue weighted by Crippen LogP contribution is -2.36. The lowest BCUT2D eigenvalue weighted by Gasteiger charge is -2.28. The SMILES string of the molecule is C=COC(=O)n1nc(NC(=O)c2ccc(N3CCOCC3)cc2)c2sc(C(=O)N[C@H](CN3CCCC3)c3ccccc3)cc21. The highest BCUT2D eigenvalue weighted by atomic mass is 32.1. The number of hydrogen-bond donors (Lipinski definition) is 2. The summed E-state index contributed by atoms with van der Waals surface area (Å²) in [5.41, 5.74) is 2.81. The molecule has 4 heterocycles. The van der Waals surface area contributed by atoms with Gasteiger partial charge in [-0.25, -0.2) is 4.79 Å². The summed E-state index contributed by atoms with van der Waals surface area (Å²) in [7, 11) is 0. The first kappa shape index (κ1) is 29.5. The Balaban J connectivity index is 1.24. The van der Waals surface area contributed by atoms with Gasteiger partial charge in [0.05, 0.1) is 40.6 Å². The predicted molar refractivity (Wildman–Crippen MR) is 169 cm³/mol. The fourth-order valence-corrected chi connectivity index (χ4v) is 6.54. The summed E-state index contributed by atoms with van der Waals surface area (Å²) < 4.78 is 11.9. The Bertz CT molecular complexity index is 1640. The van der Waals surface area contributed by atoms with Crippen molar-refractivity contribution in [3.8, 4) is 0 Å². The van der Waals surface area contributed by atoms with Gasteiger partial charge in [-0.15, -0.1) is 16.4 Å². The number of thiophene rings is 1. The Hall–Kier alpha value is -4.52. The van der Waals surface area contributed by atoms with Crippen LogP contribution in [0.1, 0.15) is 44.5 Å². The molecule has 2 aliphatic heterocycles. The minimum absolute atomic E-state index is 0.156. The van der Waals surface area contributed by atoms with Gasteiger partial charge in [0.25, 0.3) is 11.8 Å². The number of amides is 2. The summed E-state index contributed by atoms with van der Waals surface area (Å²) in [6, 6.07) is 18.6. The van der Waals surface area contributed by atoms with E-state index in [4.69, 9.17) is 9.47 Å². The first-order valence-electron chi connectivity index (χ1n) is 14.7. The lowest BCUT2D eigenvalue weighted by molar-refractivity contribution is 0.0930. The van der Waals surface area contributed by atoms with Crippen molar-refractivity contribution in [1.82, 2.24) is 20.0 Å². The molecular weight excluding hydrogens is 580 g/mol. The van der Waals surface area contributed by atoms with E-state index in [-0.39, 0.29) is 17.8 Å². The van der Waals surface area contributed by atoms with E-state index in [1.165, 1.54) is 0 Å². The standard InChI is InChI=1S/C32H34N6O5S/c1-2-43-32(41)38-26-20-27(31(40)33-25(21-36-14-6-7-15-36)22-8-4-3-5-9-22)44-28(26)29(35-38)34-30(39)23-10-12-24(13-11-23)37-16-18-42-19-17-37/h2-5,8-13,20,25H,1,6-7,14-19,21H2,(H,33,40)(H,34,35,39)/t25-/m1/s1. The van der Waals surface area contributed by atoms with Crippen molar-refractivity contribution in [3.63, 3.8) is 0 Å². The number of ether oxygens (including phenoxy) is 2. The molecule has 0 radical (unpaired) electrons. The Labute approximate surface area is 259 Å². The summed E-state index contributed by atoms with van der Waals surface area (Å²) in [5.74, 6) is -0.515. The summed E-state index contributed by atoms with van der Waals surface area (Å²) in [4.78, 5) is 44.5. The van der Waals surface area contributed by atoms with E-state index in [0.717, 1.165) is 72.6 Å². The number of nitrogens with one attached hydrogen (secondary N) is 2. The second-order valence-corrected chi connectivity index (χ2v) is 11.7. The molecule has 2 aliphatic rings. The fraction of sp³-hybridized carbons (Fsp3) is 0.312. The van der Waals surface area contributed by atoms with E-state index in [0.29, 0.717) is 40.4 Å². The molecule has 2 amide bonds. The van der Waals surface area contributed by atoms with Crippen molar-refractivity contribution in [3.05, 3.63) is 89.5 Å². The van der Waals surface area contributed by atoms with E-state index in [2.05, 4.69) is 32.1 Å². The molecular formula is C32H34N6O5S. The highest BCUT2D eigenvalue weighted by Crippen LogP contribution is 2.33. The number of carbonyl (C=O) groups excluding carboxylic acids is 3. The maximum Gasteiger partial charge on any atom is 0.440 e. The van der Waals surface area contributed by atoms with Gasteiger partial charge in [0.1, 0.15) is 0 Å². The third kappa shape index (κ3) is 6.52. The van der Waals surface area contributed by atoms with E-state index in [1.807, 2.05) is 42.5 Å². The van der Waals surface area contributed by atoms with Gasteiger partial charge in [0, 0.05) is 30.9 Å². The van der Waals surface area contributed by atoms with E-state index in [9.17, 15) is 14.4 Å². The van der Waals surface area contributed by atoms with Gasteiger partial charge in [-0.2, -0.15) is 4.68 Å². The van der Waals surface area contributed by atoms with Crippen LogP contribution in [0.2, 0.25) is 0 Å². The van der Waals surface area contributed by atoms with Crippen molar-refractivity contribution in [2.75, 3.05) is 56.2 Å². The van der Waals surface area contributed by atoms with Crippen LogP contribution in [-0.4, -0.2) is 78.5 Å². The molecule has 0 aliphatic carbocycles. The number of hydrogen-bond acceptors (Lipinski definition) is 9. The van der Waals surface area contributed by atoms with Gasteiger partial charge in [-0.3, -0.25) is 9.59 Å².